The molecule has 2 rings (SSSR count). The lowest BCUT2D eigenvalue weighted by molar-refractivity contribution is 0.0749. The summed E-state index contributed by atoms with van der Waals surface area (Å²) < 4.78 is 0. The summed E-state index contributed by atoms with van der Waals surface area (Å²) in [6.07, 6.45) is 1.81. The Morgan fingerprint density at radius 2 is 1.65 bits per heavy atom. The lowest BCUT2D eigenvalue weighted by Gasteiger charge is -2.21. The fourth-order valence-electron chi connectivity index (χ4n) is 2.67. The van der Waals surface area contributed by atoms with E-state index in [1.807, 2.05) is 11.8 Å². The Morgan fingerprint density at radius 3 is 2.19 bits per heavy atom. The first kappa shape index (κ1) is 19.6. The van der Waals surface area contributed by atoms with Crippen molar-refractivity contribution in [2.75, 3.05) is 18.4 Å². The van der Waals surface area contributed by atoms with E-state index < -0.39 is 0 Å². The molecule has 0 atom stereocenters. The standard InChI is InChI=1S/C20H26N4O2/c1-5-11-24(12-6-2)19(26)18-13-14(3)21-20(23-18)22-17-9-7-16(8-10-17)15(4)25/h7-10,13H,5-6,11-12H2,1-4H3,(H,21,22,23). The summed E-state index contributed by atoms with van der Waals surface area (Å²) in [5.41, 5.74) is 2.52. The van der Waals surface area contributed by atoms with Gasteiger partial charge in [0, 0.05) is 30.0 Å². The number of carbonyl (C=O) groups excluding carboxylic acids is 2. The van der Waals surface area contributed by atoms with Gasteiger partial charge in [0.1, 0.15) is 5.69 Å². The highest BCUT2D eigenvalue weighted by atomic mass is 16.2. The summed E-state index contributed by atoms with van der Waals surface area (Å²) in [4.78, 5) is 34.7. The molecule has 0 aliphatic carbocycles. The van der Waals surface area contributed by atoms with Gasteiger partial charge in [-0.05, 0) is 57.0 Å². The predicted molar refractivity (Wildman–Crippen MR) is 103 cm³/mol. The Hall–Kier alpha value is -2.76. The molecule has 26 heavy (non-hydrogen) atoms. The van der Waals surface area contributed by atoms with Crippen molar-refractivity contribution in [3.05, 3.63) is 47.3 Å². The fraction of sp³-hybridized carbons (Fsp3) is 0.400. The fourth-order valence-corrected chi connectivity index (χ4v) is 2.67. The molecule has 1 aromatic heterocycles. The molecule has 0 unspecified atom stereocenters. The normalized spacial score (nSPS) is 10.5. The lowest BCUT2D eigenvalue weighted by Crippen LogP contribution is -2.33. The van der Waals surface area contributed by atoms with Crippen LogP contribution >= 0.6 is 0 Å². The van der Waals surface area contributed by atoms with Gasteiger partial charge in [-0.1, -0.05) is 13.8 Å². The maximum absolute atomic E-state index is 12.8. The number of hydrogen-bond donors (Lipinski definition) is 1. The molecule has 0 radical (unpaired) electrons. The van der Waals surface area contributed by atoms with Crippen molar-refractivity contribution in [2.24, 2.45) is 0 Å². The summed E-state index contributed by atoms with van der Waals surface area (Å²) in [6.45, 7) is 8.91. The minimum Gasteiger partial charge on any atom is -0.337 e. The van der Waals surface area contributed by atoms with Crippen LogP contribution < -0.4 is 5.32 Å². The van der Waals surface area contributed by atoms with E-state index in [2.05, 4.69) is 29.1 Å². The summed E-state index contributed by atoms with van der Waals surface area (Å²) in [5, 5.41) is 3.10. The molecule has 0 bridgehead atoms. The Balaban J connectivity index is 2.23. The Morgan fingerprint density at radius 1 is 1.04 bits per heavy atom. The number of rotatable bonds is 8. The largest absolute Gasteiger partial charge is 0.337 e. The van der Waals surface area contributed by atoms with E-state index in [0.29, 0.717) is 30.3 Å². The van der Waals surface area contributed by atoms with Crippen LogP contribution in [0, 0.1) is 6.92 Å². The van der Waals surface area contributed by atoms with Crippen LogP contribution in [0.1, 0.15) is 60.2 Å². The van der Waals surface area contributed by atoms with Crippen LogP contribution in [0.5, 0.6) is 0 Å². The highest BCUT2D eigenvalue weighted by Gasteiger charge is 2.17. The molecular weight excluding hydrogens is 328 g/mol. The predicted octanol–water partition coefficient (Wildman–Crippen LogP) is 3.99. The summed E-state index contributed by atoms with van der Waals surface area (Å²) in [7, 11) is 0. The molecule has 0 spiro atoms. The maximum Gasteiger partial charge on any atom is 0.272 e. The van der Waals surface area contributed by atoms with Crippen LogP contribution in [0.4, 0.5) is 11.6 Å². The molecule has 6 nitrogen and oxygen atoms in total. The van der Waals surface area contributed by atoms with E-state index in [-0.39, 0.29) is 11.7 Å². The van der Waals surface area contributed by atoms with Gasteiger partial charge in [-0.15, -0.1) is 0 Å². The molecular formula is C20H26N4O2. The second kappa shape index (κ2) is 9.08. The van der Waals surface area contributed by atoms with Gasteiger partial charge in [0.15, 0.2) is 5.78 Å². The molecule has 1 amide bonds. The molecule has 2 aromatic rings. The zero-order chi connectivity index (χ0) is 19.1. The number of ketones is 1. The third-order valence-corrected chi connectivity index (χ3v) is 3.90. The van der Waals surface area contributed by atoms with Crippen molar-refractivity contribution in [3.63, 3.8) is 0 Å². The minimum absolute atomic E-state index is 0.0168. The van der Waals surface area contributed by atoms with Gasteiger partial charge in [-0.2, -0.15) is 0 Å². The smallest absolute Gasteiger partial charge is 0.272 e. The van der Waals surface area contributed by atoms with E-state index in [9.17, 15) is 9.59 Å². The summed E-state index contributed by atoms with van der Waals surface area (Å²) in [6, 6.07) is 8.80. The first-order valence-corrected chi connectivity index (χ1v) is 8.97. The maximum atomic E-state index is 12.8. The van der Waals surface area contributed by atoms with Crippen LogP contribution in [0.2, 0.25) is 0 Å². The van der Waals surface area contributed by atoms with Crippen LogP contribution in [-0.4, -0.2) is 39.6 Å². The number of nitrogens with one attached hydrogen (secondary N) is 1. The molecule has 6 heteroatoms. The Bertz CT molecular complexity index is 766. The number of Topliss-reactive ketones (excluding diaryl/α,β-unsaturated/α-hetero) is 1. The molecule has 0 saturated carbocycles. The van der Waals surface area contributed by atoms with E-state index >= 15 is 0 Å². The molecule has 138 valence electrons. The zero-order valence-electron chi connectivity index (χ0n) is 15.9. The van der Waals surface area contributed by atoms with Gasteiger partial charge in [0.2, 0.25) is 5.95 Å². The lowest BCUT2D eigenvalue weighted by atomic mass is 10.1. The van der Waals surface area contributed by atoms with Crippen molar-refractivity contribution >= 4 is 23.3 Å². The topological polar surface area (TPSA) is 75.2 Å². The summed E-state index contributed by atoms with van der Waals surface area (Å²) >= 11 is 0. The van der Waals surface area contributed by atoms with Crippen LogP contribution in [0.25, 0.3) is 0 Å². The number of carbonyl (C=O) groups is 2. The van der Waals surface area contributed by atoms with Gasteiger partial charge < -0.3 is 10.2 Å². The molecule has 1 heterocycles. The van der Waals surface area contributed by atoms with E-state index in [1.54, 1.807) is 30.3 Å². The van der Waals surface area contributed by atoms with Crippen molar-refractivity contribution in [2.45, 2.75) is 40.5 Å². The number of amides is 1. The Kier molecular flexibility index (Phi) is 6.83. The number of benzene rings is 1. The van der Waals surface area contributed by atoms with Crippen molar-refractivity contribution in [3.8, 4) is 0 Å². The van der Waals surface area contributed by atoms with Crippen molar-refractivity contribution in [1.82, 2.24) is 14.9 Å². The number of anilines is 2. The zero-order valence-corrected chi connectivity index (χ0v) is 15.9. The van der Waals surface area contributed by atoms with E-state index in [4.69, 9.17) is 0 Å². The van der Waals surface area contributed by atoms with Crippen molar-refractivity contribution < 1.29 is 9.59 Å². The van der Waals surface area contributed by atoms with Gasteiger partial charge >= 0.3 is 0 Å². The highest BCUT2D eigenvalue weighted by molar-refractivity contribution is 5.94. The summed E-state index contributed by atoms with van der Waals surface area (Å²) in [5.74, 6) is 0.314. The molecule has 0 saturated heterocycles. The third kappa shape index (κ3) is 5.12. The second-order valence-electron chi connectivity index (χ2n) is 6.27. The number of aromatic nitrogens is 2. The van der Waals surface area contributed by atoms with Gasteiger partial charge in [0.25, 0.3) is 5.91 Å². The van der Waals surface area contributed by atoms with Gasteiger partial charge in [-0.3, -0.25) is 9.59 Å². The van der Waals surface area contributed by atoms with Crippen LogP contribution in [-0.2, 0) is 0 Å². The molecule has 0 aliphatic rings. The number of nitrogens with zero attached hydrogens (tertiary/aromatic N) is 3. The van der Waals surface area contributed by atoms with Crippen LogP contribution in [0.15, 0.2) is 30.3 Å². The first-order valence-electron chi connectivity index (χ1n) is 8.97. The van der Waals surface area contributed by atoms with Crippen LogP contribution in [0.3, 0.4) is 0 Å². The van der Waals surface area contributed by atoms with E-state index in [1.165, 1.54) is 6.92 Å². The number of aryl methyl sites for hydroxylation is 1. The average Bonchev–Trinajstić information content (AvgIpc) is 2.61. The second-order valence-corrected chi connectivity index (χ2v) is 6.27. The SMILES string of the molecule is CCCN(CCC)C(=O)c1cc(C)nc(Nc2ccc(C(C)=O)cc2)n1. The molecule has 0 aliphatic heterocycles. The molecule has 0 fully saturated rings. The van der Waals surface area contributed by atoms with Crippen molar-refractivity contribution in [1.29, 1.82) is 0 Å². The van der Waals surface area contributed by atoms with Gasteiger partial charge in [0.05, 0.1) is 0 Å². The monoisotopic (exact) mass is 354 g/mol. The van der Waals surface area contributed by atoms with E-state index in [0.717, 1.165) is 24.2 Å². The average molecular weight is 354 g/mol. The minimum atomic E-state index is -0.0748. The Labute approximate surface area is 154 Å². The number of hydrogen-bond acceptors (Lipinski definition) is 5. The molecule has 1 aromatic carbocycles. The van der Waals surface area contributed by atoms with Gasteiger partial charge in [-0.25, -0.2) is 9.97 Å². The first-order chi connectivity index (χ1) is 12.4. The third-order valence-electron chi connectivity index (χ3n) is 3.90. The quantitative estimate of drug-likeness (QED) is 0.725. The highest BCUT2D eigenvalue weighted by Crippen LogP contribution is 2.16. The molecule has 1 N–H and O–H groups in total.